The van der Waals surface area contributed by atoms with E-state index in [0.29, 0.717) is 12.3 Å². The molecule has 78 valence electrons. The number of hydrogen-bond donors (Lipinski definition) is 0. The van der Waals surface area contributed by atoms with Crippen LogP contribution in [0.3, 0.4) is 0 Å². The number of nitrogens with zero attached hydrogens (tertiary/aromatic N) is 2. The standard InChI is InChI=1S/C10H9IN2O2/c1-2-15-10(14)8-6-13-4-3-7(11)5-9(13)12-8/h3-6H,2H2,1H3. The molecule has 0 fully saturated rings. The highest BCUT2D eigenvalue weighted by Gasteiger charge is 2.11. The normalized spacial score (nSPS) is 10.5. The van der Waals surface area contributed by atoms with Crippen molar-refractivity contribution in [1.29, 1.82) is 0 Å². The average molecular weight is 316 g/mol. The van der Waals surface area contributed by atoms with Crippen LogP contribution < -0.4 is 0 Å². The molecule has 2 heterocycles. The molecule has 0 atom stereocenters. The Morgan fingerprint density at radius 1 is 1.67 bits per heavy atom. The van der Waals surface area contributed by atoms with Gasteiger partial charge in [-0.3, -0.25) is 0 Å². The molecule has 2 aromatic rings. The summed E-state index contributed by atoms with van der Waals surface area (Å²) in [6, 6.07) is 3.85. The summed E-state index contributed by atoms with van der Waals surface area (Å²) in [6.07, 6.45) is 3.54. The molecule has 0 aliphatic carbocycles. The van der Waals surface area contributed by atoms with Crippen LogP contribution in [0.4, 0.5) is 0 Å². The van der Waals surface area contributed by atoms with Gasteiger partial charge in [-0.2, -0.15) is 0 Å². The summed E-state index contributed by atoms with van der Waals surface area (Å²) in [7, 11) is 0. The molecule has 2 aromatic heterocycles. The van der Waals surface area contributed by atoms with Crippen molar-refractivity contribution in [2.24, 2.45) is 0 Å². The summed E-state index contributed by atoms with van der Waals surface area (Å²) in [5, 5.41) is 0. The van der Waals surface area contributed by atoms with E-state index in [0.717, 1.165) is 9.22 Å². The lowest BCUT2D eigenvalue weighted by Crippen LogP contribution is -2.04. The molecule has 15 heavy (non-hydrogen) atoms. The summed E-state index contributed by atoms with van der Waals surface area (Å²) in [5.41, 5.74) is 1.10. The molecule has 0 spiro atoms. The number of carbonyl (C=O) groups excluding carboxylic acids is 1. The van der Waals surface area contributed by atoms with E-state index in [1.54, 1.807) is 17.5 Å². The van der Waals surface area contributed by atoms with E-state index < -0.39 is 0 Å². The second kappa shape index (κ2) is 4.18. The Bertz CT molecular complexity index is 507. The van der Waals surface area contributed by atoms with Gasteiger partial charge in [-0.05, 0) is 41.6 Å². The number of hydrogen-bond acceptors (Lipinski definition) is 3. The third kappa shape index (κ3) is 2.11. The van der Waals surface area contributed by atoms with E-state index >= 15 is 0 Å². The van der Waals surface area contributed by atoms with E-state index in [1.807, 2.05) is 18.3 Å². The highest BCUT2D eigenvalue weighted by atomic mass is 127. The van der Waals surface area contributed by atoms with Gasteiger partial charge in [0, 0.05) is 16.0 Å². The number of esters is 1. The zero-order chi connectivity index (χ0) is 10.8. The van der Waals surface area contributed by atoms with Crippen molar-refractivity contribution in [2.45, 2.75) is 6.92 Å². The van der Waals surface area contributed by atoms with Crippen molar-refractivity contribution in [3.05, 3.63) is 33.8 Å². The maximum absolute atomic E-state index is 11.4. The van der Waals surface area contributed by atoms with Gasteiger partial charge in [0.1, 0.15) is 5.65 Å². The zero-order valence-electron chi connectivity index (χ0n) is 8.11. The monoisotopic (exact) mass is 316 g/mol. The number of rotatable bonds is 2. The van der Waals surface area contributed by atoms with Gasteiger partial charge in [0.2, 0.25) is 0 Å². The molecule has 2 rings (SSSR count). The van der Waals surface area contributed by atoms with Crippen molar-refractivity contribution in [2.75, 3.05) is 6.61 Å². The molecular weight excluding hydrogens is 307 g/mol. The molecule has 0 unspecified atom stereocenters. The van der Waals surface area contributed by atoms with Crippen LogP contribution in [0.15, 0.2) is 24.5 Å². The lowest BCUT2D eigenvalue weighted by Gasteiger charge is -1.95. The summed E-state index contributed by atoms with van der Waals surface area (Å²) in [6.45, 7) is 2.14. The first-order valence-corrected chi connectivity index (χ1v) is 5.60. The zero-order valence-corrected chi connectivity index (χ0v) is 10.3. The number of ether oxygens (including phenoxy) is 1. The molecule has 0 saturated carbocycles. The first-order chi connectivity index (χ1) is 7.20. The van der Waals surface area contributed by atoms with Gasteiger partial charge in [-0.25, -0.2) is 9.78 Å². The first-order valence-electron chi connectivity index (χ1n) is 4.52. The maximum Gasteiger partial charge on any atom is 0.358 e. The Labute approximate surface area is 100 Å². The van der Waals surface area contributed by atoms with Gasteiger partial charge >= 0.3 is 5.97 Å². The van der Waals surface area contributed by atoms with Crippen molar-refractivity contribution in [1.82, 2.24) is 9.38 Å². The van der Waals surface area contributed by atoms with Crippen LogP contribution >= 0.6 is 22.6 Å². The smallest absolute Gasteiger partial charge is 0.358 e. The Kier molecular flexibility index (Phi) is 2.90. The van der Waals surface area contributed by atoms with Crippen LogP contribution in [0.5, 0.6) is 0 Å². The minimum absolute atomic E-state index is 0.346. The van der Waals surface area contributed by atoms with E-state index in [1.165, 1.54) is 0 Å². The molecule has 0 N–H and O–H groups in total. The fourth-order valence-electron chi connectivity index (χ4n) is 1.26. The summed E-state index contributed by atoms with van der Waals surface area (Å²) < 4.78 is 7.76. The Hall–Kier alpha value is -1.11. The molecule has 0 aliphatic heterocycles. The lowest BCUT2D eigenvalue weighted by atomic mass is 10.5. The van der Waals surface area contributed by atoms with Crippen LogP contribution in [-0.4, -0.2) is 22.0 Å². The number of halogens is 1. The Balaban J connectivity index is 2.42. The van der Waals surface area contributed by atoms with Gasteiger partial charge < -0.3 is 9.14 Å². The Morgan fingerprint density at radius 3 is 3.20 bits per heavy atom. The molecule has 4 nitrogen and oxygen atoms in total. The highest BCUT2D eigenvalue weighted by molar-refractivity contribution is 14.1. The summed E-state index contributed by atoms with van der Waals surface area (Å²) >= 11 is 2.20. The van der Waals surface area contributed by atoms with Gasteiger partial charge in [-0.1, -0.05) is 0 Å². The fourth-order valence-corrected chi connectivity index (χ4v) is 1.70. The van der Waals surface area contributed by atoms with Gasteiger partial charge in [0.05, 0.1) is 6.61 Å². The van der Waals surface area contributed by atoms with Crippen LogP contribution in [0, 0.1) is 3.57 Å². The number of imidazole rings is 1. The molecule has 0 amide bonds. The molecule has 0 aromatic carbocycles. The first kappa shape index (κ1) is 10.4. The van der Waals surface area contributed by atoms with Crippen molar-refractivity contribution >= 4 is 34.2 Å². The Morgan fingerprint density at radius 2 is 2.47 bits per heavy atom. The van der Waals surface area contributed by atoms with Crippen molar-refractivity contribution in [3.8, 4) is 0 Å². The summed E-state index contributed by atoms with van der Waals surface area (Å²) in [5.74, 6) is -0.379. The van der Waals surface area contributed by atoms with Crippen LogP contribution in [0.2, 0.25) is 0 Å². The largest absolute Gasteiger partial charge is 0.461 e. The topological polar surface area (TPSA) is 43.6 Å². The van der Waals surface area contributed by atoms with E-state index in [2.05, 4.69) is 27.6 Å². The minimum Gasteiger partial charge on any atom is -0.461 e. The van der Waals surface area contributed by atoms with Crippen LogP contribution in [-0.2, 0) is 4.74 Å². The molecule has 0 saturated heterocycles. The third-order valence-corrected chi connectivity index (χ3v) is 2.58. The SMILES string of the molecule is CCOC(=O)c1cn2ccc(I)cc2n1. The number of aromatic nitrogens is 2. The second-order valence-electron chi connectivity index (χ2n) is 2.96. The minimum atomic E-state index is -0.379. The molecule has 0 radical (unpaired) electrons. The summed E-state index contributed by atoms with van der Waals surface area (Å²) in [4.78, 5) is 15.6. The molecule has 0 aliphatic rings. The predicted molar refractivity (Wildman–Crippen MR) is 63.9 cm³/mol. The second-order valence-corrected chi connectivity index (χ2v) is 4.20. The highest BCUT2D eigenvalue weighted by Crippen LogP contribution is 2.10. The van der Waals surface area contributed by atoms with Crippen LogP contribution in [0.1, 0.15) is 17.4 Å². The molecular formula is C10H9IN2O2. The van der Waals surface area contributed by atoms with Crippen LogP contribution in [0.25, 0.3) is 5.65 Å². The van der Waals surface area contributed by atoms with E-state index in [-0.39, 0.29) is 5.97 Å². The number of carbonyl (C=O) groups is 1. The third-order valence-electron chi connectivity index (χ3n) is 1.91. The quantitative estimate of drug-likeness (QED) is 0.630. The van der Waals surface area contributed by atoms with Crippen molar-refractivity contribution < 1.29 is 9.53 Å². The maximum atomic E-state index is 11.4. The molecule has 0 bridgehead atoms. The van der Waals surface area contributed by atoms with Gasteiger partial charge in [0.15, 0.2) is 5.69 Å². The van der Waals surface area contributed by atoms with Gasteiger partial charge in [-0.15, -0.1) is 0 Å². The van der Waals surface area contributed by atoms with E-state index in [4.69, 9.17) is 4.74 Å². The predicted octanol–water partition coefficient (Wildman–Crippen LogP) is 2.12. The average Bonchev–Trinajstić information content (AvgIpc) is 2.60. The number of fused-ring (bicyclic) bond motifs is 1. The molecule has 5 heteroatoms. The lowest BCUT2D eigenvalue weighted by molar-refractivity contribution is 0.0520. The van der Waals surface area contributed by atoms with Crippen molar-refractivity contribution in [3.63, 3.8) is 0 Å². The number of pyridine rings is 1. The fraction of sp³-hybridized carbons (Fsp3) is 0.200. The van der Waals surface area contributed by atoms with Gasteiger partial charge in [0.25, 0.3) is 0 Å². The van der Waals surface area contributed by atoms with E-state index in [9.17, 15) is 4.79 Å².